The molecule has 0 radical (unpaired) electrons. The highest BCUT2D eigenvalue weighted by Crippen LogP contribution is 2.42. The van der Waals surface area contributed by atoms with Crippen LogP contribution in [0.4, 0.5) is 24.7 Å². The number of hydrogen-bond acceptors (Lipinski definition) is 10. The molecular formula is C29H24F3N9O3. The Morgan fingerprint density at radius 3 is 2.59 bits per heavy atom. The fourth-order valence-corrected chi connectivity index (χ4v) is 5.40. The molecule has 1 atom stereocenters. The Labute approximate surface area is 248 Å². The summed E-state index contributed by atoms with van der Waals surface area (Å²) in [5.74, 6) is 0.403. The normalized spacial score (nSPS) is 16.4. The number of hydrogen-bond donors (Lipinski definition) is 1. The summed E-state index contributed by atoms with van der Waals surface area (Å²) < 4.78 is 47.6. The van der Waals surface area contributed by atoms with E-state index >= 15 is 0 Å². The van der Waals surface area contributed by atoms with E-state index in [9.17, 15) is 22.8 Å². The number of anilines is 2. The number of amides is 1. The van der Waals surface area contributed by atoms with E-state index in [1.54, 1.807) is 41.3 Å². The van der Waals surface area contributed by atoms with Crippen molar-refractivity contribution in [3.63, 3.8) is 0 Å². The zero-order valence-electron chi connectivity index (χ0n) is 23.0. The minimum Gasteiger partial charge on any atom is -0.474 e. The van der Waals surface area contributed by atoms with Crippen molar-refractivity contribution in [1.29, 1.82) is 5.26 Å². The van der Waals surface area contributed by atoms with E-state index in [1.807, 2.05) is 16.1 Å². The van der Waals surface area contributed by atoms with Gasteiger partial charge in [0, 0.05) is 38.9 Å². The van der Waals surface area contributed by atoms with E-state index in [0.29, 0.717) is 37.6 Å². The van der Waals surface area contributed by atoms with E-state index < -0.39 is 23.3 Å². The van der Waals surface area contributed by atoms with Gasteiger partial charge in [-0.2, -0.15) is 23.5 Å². The van der Waals surface area contributed by atoms with Crippen LogP contribution in [-0.4, -0.2) is 68.7 Å². The number of piperazine rings is 1. The van der Waals surface area contributed by atoms with Gasteiger partial charge in [0.15, 0.2) is 5.69 Å². The second-order valence-electron chi connectivity index (χ2n) is 10.1. The Morgan fingerprint density at radius 1 is 1.07 bits per heavy atom. The first kappa shape index (κ1) is 28.6. The smallest absolute Gasteiger partial charge is 0.423 e. The third kappa shape index (κ3) is 5.61. The molecule has 2 aliphatic rings. The first-order valence-corrected chi connectivity index (χ1v) is 13.6. The van der Waals surface area contributed by atoms with Crippen LogP contribution in [-0.2, 0) is 12.7 Å². The molecule has 5 heterocycles. The molecule has 3 aromatic heterocycles. The molecule has 0 spiro atoms. The van der Waals surface area contributed by atoms with Crippen LogP contribution >= 0.6 is 0 Å². The second-order valence-corrected chi connectivity index (χ2v) is 10.1. The molecule has 1 amide bonds. The summed E-state index contributed by atoms with van der Waals surface area (Å²) in [5, 5.41) is 14.5. The van der Waals surface area contributed by atoms with Gasteiger partial charge in [0.25, 0.3) is 11.5 Å². The molecule has 0 aliphatic carbocycles. The average Bonchev–Trinajstić information content (AvgIpc) is 3.41. The van der Waals surface area contributed by atoms with Gasteiger partial charge in [-0.25, -0.2) is 15.1 Å². The average molecular weight is 604 g/mol. The molecule has 4 aromatic rings. The van der Waals surface area contributed by atoms with E-state index in [4.69, 9.17) is 10.00 Å². The Balaban J connectivity index is 1.16. The lowest BCUT2D eigenvalue weighted by molar-refractivity contribution is -0.138. The van der Waals surface area contributed by atoms with Crippen LogP contribution in [0, 0.1) is 11.3 Å². The van der Waals surface area contributed by atoms with Crippen molar-refractivity contribution in [3.05, 3.63) is 99.5 Å². The highest BCUT2D eigenvalue weighted by Gasteiger charge is 2.42. The molecule has 2 aliphatic heterocycles. The van der Waals surface area contributed by atoms with Crippen LogP contribution in [0.5, 0.6) is 5.88 Å². The van der Waals surface area contributed by atoms with Gasteiger partial charge in [0.1, 0.15) is 24.1 Å². The van der Waals surface area contributed by atoms with Crippen LogP contribution < -0.4 is 20.1 Å². The molecule has 1 N–H and O–H groups in total. The Hall–Kier alpha value is -5.52. The van der Waals surface area contributed by atoms with Crippen molar-refractivity contribution >= 4 is 17.4 Å². The number of carbonyl (C=O) groups excluding carboxylic acids is 1. The van der Waals surface area contributed by atoms with Crippen molar-refractivity contribution in [2.75, 3.05) is 42.6 Å². The van der Waals surface area contributed by atoms with Gasteiger partial charge in [-0.1, -0.05) is 24.3 Å². The minimum atomic E-state index is -4.91. The van der Waals surface area contributed by atoms with Gasteiger partial charge in [0.2, 0.25) is 5.88 Å². The van der Waals surface area contributed by atoms with E-state index in [2.05, 4.69) is 20.1 Å². The lowest BCUT2D eigenvalue weighted by Crippen LogP contribution is -2.49. The first-order chi connectivity index (χ1) is 21.2. The fraction of sp³-hybridized carbons (Fsp3) is 0.276. The van der Waals surface area contributed by atoms with Crippen molar-refractivity contribution < 1.29 is 22.7 Å². The number of aromatic nitrogens is 5. The molecule has 15 heteroatoms. The first-order valence-electron chi connectivity index (χ1n) is 13.6. The monoisotopic (exact) mass is 603 g/mol. The number of nitriles is 1. The maximum Gasteiger partial charge on any atom is 0.423 e. The Bertz CT molecular complexity index is 1780. The molecule has 44 heavy (non-hydrogen) atoms. The molecule has 1 aromatic carbocycles. The number of aromatic amines is 1. The summed E-state index contributed by atoms with van der Waals surface area (Å²) in [6, 6.07) is 11.9. The number of fused-ring (bicyclic) bond motifs is 1. The zero-order chi connectivity index (χ0) is 30.8. The van der Waals surface area contributed by atoms with Gasteiger partial charge in [-0.05, 0) is 23.3 Å². The number of halogens is 3. The molecule has 0 saturated carbocycles. The lowest BCUT2D eigenvalue weighted by Gasteiger charge is -2.35. The zero-order valence-corrected chi connectivity index (χ0v) is 23.0. The summed E-state index contributed by atoms with van der Waals surface area (Å²) in [4.78, 5) is 43.3. The molecule has 1 fully saturated rings. The van der Waals surface area contributed by atoms with Crippen LogP contribution in [0.1, 0.15) is 38.8 Å². The molecule has 0 bridgehead atoms. The number of benzene rings is 1. The highest BCUT2D eigenvalue weighted by atomic mass is 19.4. The SMILES string of the molecule is N#Cc1ccc(N2CCN(C(=O)c3cncc(OC[C@H]4c5ccccc5CN4c4cn[nH]c(=O)c4C(F)(F)F)n3)CC2)nc1. The summed E-state index contributed by atoms with van der Waals surface area (Å²) in [6.07, 6.45) is 0.240. The number of pyridine rings is 1. The van der Waals surface area contributed by atoms with E-state index in [0.717, 1.165) is 17.3 Å². The molecule has 6 rings (SSSR count). The number of H-pyrrole nitrogens is 1. The molecule has 12 nitrogen and oxygen atoms in total. The van der Waals surface area contributed by atoms with Gasteiger partial charge in [-0.3, -0.25) is 14.6 Å². The van der Waals surface area contributed by atoms with Gasteiger partial charge >= 0.3 is 6.18 Å². The van der Waals surface area contributed by atoms with Crippen molar-refractivity contribution in [3.8, 4) is 11.9 Å². The lowest BCUT2D eigenvalue weighted by atomic mass is 10.1. The summed E-state index contributed by atoms with van der Waals surface area (Å²) >= 11 is 0. The fourth-order valence-electron chi connectivity index (χ4n) is 5.40. The van der Waals surface area contributed by atoms with Crippen molar-refractivity contribution in [2.45, 2.75) is 18.8 Å². The Morgan fingerprint density at radius 2 is 1.86 bits per heavy atom. The summed E-state index contributed by atoms with van der Waals surface area (Å²) in [6.45, 7) is 1.85. The maximum atomic E-state index is 13.9. The predicted octanol–water partition coefficient (Wildman–Crippen LogP) is 2.95. The van der Waals surface area contributed by atoms with Gasteiger partial charge < -0.3 is 19.4 Å². The van der Waals surface area contributed by atoms with Crippen LogP contribution in [0.2, 0.25) is 0 Å². The van der Waals surface area contributed by atoms with E-state index in [-0.39, 0.29) is 36.3 Å². The van der Waals surface area contributed by atoms with Crippen LogP contribution in [0.15, 0.2) is 66.0 Å². The number of alkyl halides is 3. The third-order valence-electron chi connectivity index (χ3n) is 7.55. The molecule has 224 valence electrons. The number of ether oxygens (including phenoxy) is 1. The third-order valence-corrected chi connectivity index (χ3v) is 7.55. The predicted molar refractivity (Wildman–Crippen MR) is 150 cm³/mol. The molecular weight excluding hydrogens is 579 g/mol. The largest absolute Gasteiger partial charge is 0.474 e. The van der Waals surface area contributed by atoms with Crippen molar-refractivity contribution in [1.82, 2.24) is 30.0 Å². The van der Waals surface area contributed by atoms with Gasteiger partial charge in [-0.15, -0.1) is 0 Å². The van der Waals surface area contributed by atoms with Crippen LogP contribution in [0.25, 0.3) is 0 Å². The second kappa shape index (κ2) is 11.6. The number of nitrogens with zero attached hydrogens (tertiary/aromatic N) is 8. The topological polar surface area (TPSA) is 144 Å². The van der Waals surface area contributed by atoms with Crippen LogP contribution in [0.3, 0.4) is 0 Å². The minimum absolute atomic E-state index is 0.0284. The number of nitrogens with one attached hydrogen (secondary N) is 1. The summed E-state index contributed by atoms with van der Waals surface area (Å²) in [5.41, 5.74) is -1.00. The number of rotatable bonds is 6. The standard InChI is InChI=1S/C29H24F3N9O3/c30-29(31,32)26-22(14-36-38-27(26)42)41-16-19-3-1-2-4-20(19)23(41)17-44-25-15-34-13-21(37-25)28(43)40-9-7-39(8-10-40)24-6-5-18(11-33)12-35-24/h1-6,12-15,23H,7-10,16-17H2,(H,38,42)/t23-/m0/s1. The Kier molecular flexibility index (Phi) is 7.56. The molecule has 0 unspecified atom stereocenters. The van der Waals surface area contributed by atoms with Crippen molar-refractivity contribution in [2.24, 2.45) is 0 Å². The van der Waals surface area contributed by atoms with E-state index in [1.165, 1.54) is 23.5 Å². The number of carbonyl (C=O) groups is 1. The molecule has 1 saturated heterocycles. The highest BCUT2D eigenvalue weighted by molar-refractivity contribution is 5.92. The summed E-state index contributed by atoms with van der Waals surface area (Å²) in [7, 11) is 0. The maximum absolute atomic E-state index is 13.9. The van der Waals surface area contributed by atoms with Gasteiger partial charge in [0.05, 0.1) is 35.9 Å². The quantitative estimate of drug-likeness (QED) is 0.349.